The first kappa shape index (κ1) is 36.2. The van der Waals surface area contributed by atoms with Crippen LogP contribution in [0.2, 0.25) is 0 Å². The van der Waals surface area contributed by atoms with E-state index in [2.05, 4.69) is 57.6 Å². The van der Waals surface area contributed by atoms with Crippen LogP contribution >= 0.6 is 0 Å². The van der Waals surface area contributed by atoms with Crippen LogP contribution in [0.4, 0.5) is 0 Å². The summed E-state index contributed by atoms with van der Waals surface area (Å²) in [6, 6.07) is 25.1. The van der Waals surface area contributed by atoms with Gasteiger partial charge in [0.05, 0.1) is 18.8 Å². The van der Waals surface area contributed by atoms with E-state index in [0.29, 0.717) is 31.8 Å². The lowest BCUT2D eigenvalue weighted by molar-refractivity contribution is -0.253. The third kappa shape index (κ3) is 9.78. The molecule has 3 saturated heterocycles. The number of ether oxygens (including phenoxy) is 2. The first-order valence-corrected chi connectivity index (χ1v) is 18.3. The topological polar surface area (TPSA) is 124 Å². The Morgan fingerprint density at radius 2 is 1.52 bits per heavy atom. The minimum absolute atomic E-state index is 0.0166. The summed E-state index contributed by atoms with van der Waals surface area (Å²) in [6.07, 6.45) is 6.87. The van der Waals surface area contributed by atoms with Gasteiger partial charge in [-0.2, -0.15) is 0 Å². The molecule has 0 aromatic heterocycles. The highest BCUT2D eigenvalue weighted by atomic mass is 16.7. The number of rotatable bonds is 15. The Balaban J connectivity index is 1.12. The number of aliphatic hydroxyl groups excluding tert-OH is 1. The number of hydrogen-bond acceptors (Lipinski definition) is 8. The Hall–Kier alpha value is -3.64. The third-order valence-corrected chi connectivity index (χ3v) is 10.4. The smallest absolute Gasteiger partial charge is 0.243 e. The van der Waals surface area contributed by atoms with Crippen molar-refractivity contribution in [3.63, 3.8) is 0 Å². The van der Waals surface area contributed by atoms with Gasteiger partial charge in [-0.15, -0.1) is 0 Å². The number of hydroxylamine groups is 1. The minimum atomic E-state index is -0.511. The summed E-state index contributed by atoms with van der Waals surface area (Å²) in [5.74, 6) is -0.513. The molecule has 3 aromatic carbocycles. The van der Waals surface area contributed by atoms with E-state index in [0.717, 1.165) is 59.4 Å². The maximum Gasteiger partial charge on any atom is 0.243 e. The van der Waals surface area contributed by atoms with Gasteiger partial charge in [0.15, 0.2) is 6.29 Å². The molecule has 0 saturated carbocycles. The number of benzene rings is 3. The van der Waals surface area contributed by atoms with E-state index < -0.39 is 12.2 Å². The van der Waals surface area contributed by atoms with Gasteiger partial charge in [0, 0.05) is 50.5 Å². The molecule has 6 rings (SSSR count). The van der Waals surface area contributed by atoms with Crippen LogP contribution in [0.25, 0.3) is 11.1 Å². The minimum Gasteiger partial charge on any atom is -0.392 e. The molecule has 0 radical (unpaired) electrons. The van der Waals surface area contributed by atoms with Crippen molar-refractivity contribution in [2.24, 2.45) is 0 Å². The molecule has 50 heavy (non-hydrogen) atoms. The molecule has 3 heterocycles. The average molecular weight is 685 g/mol. The normalized spacial score (nSPS) is 22.8. The van der Waals surface area contributed by atoms with Crippen LogP contribution < -0.4 is 10.8 Å². The lowest BCUT2D eigenvalue weighted by atomic mass is 9.97. The van der Waals surface area contributed by atoms with Gasteiger partial charge < -0.3 is 24.8 Å². The van der Waals surface area contributed by atoms with Crippen molar-refractivity contribution < 1.29 is 29.4 Å². The van der Waals surface area contributed by atoms with Crippen LogP contribution in [-0.4, -0.2) is 76.8 Å². The van der Waals surface area contributed by atoms with Crippen molar-refractivity contribution in [3.05, 3.63) is 95.1 Å². The monoisotopic (exact) mass is 684 g/mol. The molecule has 4 N–H and O–H groups in total. The number of nitrogens with one attached hydrogen (secondary N) is 2. The molecule has 0 aliphatic carbocycles. The Kier molecular flexibility index (Phi) is 13.0. The summed E-state index contributed by atoms with van der Waals surface area (Å²) in [7, 11) is 0. The predicted molar refractivity (Wildman–Crippen MR) is 191 cm³/mol. The highest BCUT2D eigenvalue weighted by Gasteiger charge is 2.36. The summed E-state index contributed by atoms with van der Waals surface area (Å²) < 4.78 is 13.4. The van der Waals surface area contributed by atoms with E-state index in [-0.39, 0.29) is 31.1 Å². The summed E-state index contributed by atoms with van der Waals surface area (Å²) in [5, 5.41) is 21.2. The van der Waals surface area contributed by atoms with Gasteiger partial charge in [0.1, 0.15) is 0 Å². The van der Waals surface area contributed by atoms with Crippen LogP contribution in [0.1, 0.15) is 92.4 Å². The van der Waals surface area contributed by atoms with Crippen molar-refractivity contribution in [2.75, 3.05) is 32.7 Å². The molecule has 0 unspecified atom stereocenters. The molecular formula is C40H52N4O6. The van der Waals surface area contributed by atoms with E-state index in [1.54, 1.807) is 5.48 Å². The second-order valence-electron chi connectivity index (χ2n) is 13.9. The number of aliphatic hydroxyl groups is 1. The Morgan fingerprint density at radius 3 is 2.26 bits per heavy atom. The van der Waals surface area contributed by atoms with Gasteiger partial charge in [0.2, 0.25) is 11.8 Å². The SMILES string of the molecule is O=C(CCCCC(=O)NCc1ccccc1-c1ccc([C@@H]2O[C@H](CN3CCC[C@H]3CN3CCCC3)C[C@H](c3ccc(CO)cc3)O2)cc1)NO. The number of amides is 2. The molecule has 4 atom stereocenters. The number of likely N-dealkylation sites (tertiary alicyclic amines) is 2. The first-order chi connectivity index (χ1) is 24.5. The highest BCUT2D eigenvalue weighted by molar-refractivity contribution is 5.77. The quantitative estimate of drug-likeness (QED) is 0.0923. The Morgan fingerprint density at radius 1 is 0.800 bits per heavy atom. The maximum absolute atomic E-state index is 12.5. The zero-order valence-electron chi connectivity index (χ0n) is 29.0. The first-order valence-electron chi connectivity index (χ1n) is 18.3. The molecule has 268 valence electrons. The Labute approximate surface area is 295 Å². The molecule has 10 heteroatoms. The number of hydrogen-bond donors (Lipinski definition) is 4. The second kappa shape index (κ2) is 18.0. The van der Waals surface area contributed by atoms with Crippen molar-refractivity contribution in [3.8, 4) is 11.1 Å². The number of carbonyl (C=O) groups excluding carboxylic acids is 2. The summed E-state index contributed by atoms with van der Waals surface area (Å²) >= 11 is 0. The van der Waals surface area contributed by atoms with Gasteiger partial charge in [-0.25, -0.2) is 5.48 Å². The molecule has 3 aromatic rings. The molecular weight excluding hydrogens is 632 g/mol. The van der Waals surface area contributed by atoms with Gasteiger partial charge in [-0.1, -0.05) is 72.8 Å². The van der Waals surface area contributed by atoms with E-state index in [1.165, 1.54) is 38.8 Å². The lowest BCUT2D eigenvalue weighted by Crippen LogP contribution is -2.45. The second-order valence-corrected chi connectivity index (χ2v) is 13.9. The van der Waals surface area contributed by atoms with Crippen molar-refractivity contribution in [1.82, 2.24) is 20.6 Å². The zero-order valence-corrected chi connectivity index (χ0v) is 29.0. The fourth-order valence-electron chi connectivity index (χ4n) is 7.59. The molecule has 3 aliphatic rings. The lowest BCUT2D eigenvalue weighted by Gasteiger charge is -2.39. The number of unbranched alkanes of at least 4 members (excludes halogenated alkanes) is 1. The van der Waals surface area contributed by atoms with Crippen molar-refractivity contribution in [2.45, 2.75) is 95.5 Å². The zero-order chi connectivity index (χ0) is 34.7. The van der Waals surface area contributed by atoms with E-state index in [1.807, 2.05) is 30.3 Å². The van der Waals surface area contributed by atoms with Crippen LogP contribution in [0.15, 0.2) is 72.8 Å². The van der Waals surface area contributed by atoms with E-state index in [9.17, 15) is 14.7 Å². The number of nitrogens with zero attached hydrogens (tertiary/aromatic N) is 2. The average Bonchev–Trinajstić information content (AvgIpc) is 3.85. The molecule has 10 nitrogen and oxygen atoms in total. The van der Waals surface area contributed by atoms with Crippen molar-refractivity contribution in [1.29, 1.82) is 0 Å². The largest absolute Gasteiger partial charge is 0.392 e. The van der Waals surface area contributed by atoms with Crippen LogP contribution in [0, 0.1) is 0 Å². The molecule has 3 aliphatic heterocycles. The standard InChI is InChI=1S/C40H52N4O6/c45-28-29-13-15-31(16-14-29)37-24-35(27-44-23-7-9-34(44)26-43-21-5-6-22-43)49-40(50-37)32-19-17-30(18-20-32)36-10-2-1-8-33(36)25-41-38(46)11-3-4-12-39(47)42-48/h1-2,8,10,13-20,34-35,37,40,45,48H,3-7,9,11-12,21-28H2,(H,41,46)(H,42,47)/t34-,35-,37+,40+/m0/s1. The maximum atomic E-state index is 12.5. The van der Waals surface area contributed by atoms with Gasteiger partial charge in [0.25, 0.3) is 0 Å². The molecule has 3 fully saturated rings. The summed E-state index contributed by atoms with van der Waals surface area (Å²) in [4.78, 5) is 28.9. The van der Waals surface area contributed by atoms with Crippen LogP contribution in [-0.2, 0) is 32.2 Å². The number of carbonyl (C=O) groups is 2. The van der Waals surface area contributed by atoms with Gasteiger partial charge in [-0.05, 0) is 86.0 Å². The Bertz CT molecular complexity index is 1530. The molecule has 2 amide bonds. The van der Waals surface area contributed by atoms with E-state index in [4.69, 9.17) is 14.7 Å². The fourth-order valence-corrected chi connectivity index (χ4v) is 7.59. The summed E-state index contributed by atoms with van der Waals surface area (Å²) in [6.45, 7) is 6.00. The third-order valence-electron chi connectivity index (χ3n) is 10.4. The molecule has 0 spiro atoms. The fraction of sp³-hybridized carbons (Fsp3) is 0.500. The van der Waals surface area contributed by atoms with E-state index >= 15 is 0 Å². The predicted octanol–water partition coefficient (Wildman–Crippen LogP) is 5.63. The van der Waals surface area contributed by atoms with Crippen LogP contribution in [0.5, 0.6) is 0 Å². The highest BCUT2D eigenvalue weighted by Crippen LogP contribution is 2.39. The van der Waals surface area contributed by atoms with Crippen LogP contribution in [0.3, 0.4) is 0 Å². The summed E-state index contributed by atoms with van der Waals surface area (Å²) in [5.41, 5.74) is 7.66. The van der Waals surface area contributed by atoms with Gasteiger partial charge >= 0.3 is 0 Å². The van der Waals surface area contributed by atoms with Crippen molar-refractivity contribution >= 4 is 11.8 Å². The molecule has 0 bridgehead atoms. The van der Waals surface area contributed by atoms with Gasteiger partial charge in [-0.3, -0.25) is 19.7 Å².